The predicted molar refractivity (Wildman–Crippen MR) is 469 cm³/mol. The molecule has 59 nitrogen and oxygen atoms in total. The van der Waals surface area contributed by atoms with Crippen LogP contribution in [0.5, 0.6) is 0 Å². The maximum atomic E-state index is 16.1. The molecule has 19 N–H and O–H groups in total. The molecular weight excluding hydrogens is 2030 g/mol. The molecule has 0 radical (unpaired) electrons. The second kappa shape index (κ2) is 38.0. The average Bonchev–Trinajstić information content (AvgIpc) is 1.60. The number of aryl methyl sites for hydroxylation is 3. The Morgan fingerprint density at radius 3 is 1.22 bits per heavy atom. The lowest BCUT2D eigenvalue weighted by Gasteiger charge is -2.28. The maximum absolute atomic E-state index is 16.1. The summed E-state index contributed by atoms with van der Waals surface area (Å²) in [5.74, 6) is -2.00. The number of thiol groups is 1. The number of H-pyrrole nitrogens is 3. The number of aromatic amines is 3. The van der Waals surface area contributed by atoms with Gasteiger partial charge in [0.05, 0.1) is 133 Å². The summed E-state index contributed by atoms with van der Waals surface area (Å²) in [5.41, 5.74) is 17.2. The van der Waals surface area contributed by atoms with Crippen molar-refractivity contribution in [3.63, 3.8) is 0 Å². The smallest absolute Gasteiger partial charge is 0.396 e. The molecule has 9 aliphatic heterocycles. The molecule has 21 rings (SSSR count). The Morgan fingerprint density at radius 2 is 0.761 bits per heavy atom. The van der Waals surface area contributed by atoms with Gasteiger partial charge in [-0.25, -0.2) is 107 Å². The Balaban J connectivity index is 0.000000132. The molecule has 12 aromatic heterocycles. The van der Waals surface area contributed by atoms with E-state index in [9.17, 15) is 72.4 Å². The highest BCUT2D eigenvalue weighted by Crippen LogP contribution is 2.60. The van der Waals surface area contributed by atoms with Crippen LogP contribution in [0.4, 0.5) is 30.6 Å². The van der Waals surface area contributed by atoms with E-state index in [1.807, 2.05) is 0 Å². The van der Waals surface area contributed by atoms with E-state index in [-0.39, 0.29) is 103 Å². The summed E-state index contributed by atoms with van der Waals surface area (Å²) in [4.78, 5) is 161. The lowest BCUT2D eigenvalue weighted by atomic mass is 9.98. The van der Waals surface area contributed by atoms with E-state index in [1.54, 1.807) is 13.8 Å². The van der Waals surface area contributed by atoms with E-state index in [2.05, 4.69) is 112 Å². The van der Waals surface area contributed by atoms with Crippen LogP contribution >= 0.6 is 55.6 Å². The van der Waals surface area contributed by atoms with Gasteiger partial charge in [0.2, 0.25) is 0 Å². The highest BCUT2D eigenvalue weighted by molar-refractivity contribution is 8.45. The fourth-order valence-electron chi connectivity index (χ4n) is 17.6. The van der Waals surface area contributed by atoms with Crippen molar-refractivity contribution in [1.29, 1.82) is 0 Å². The van der Waals surface area contributed by atoms with E-state index in [0.29, 0.717) is 5.82 Å². The molecule has 6 bridgehead atoms. The molecule has 0 aromatic carbocycles. The van der Waals surface area contributed by atoms with Gasteiger partial charge in [0.15, 0.2) is 124 Å². The van der Waals surface area contributed by atoms with E-state index >= 15 is 13.2 Å². The molecule has 71 heteroatoms. The molecule has 9 aliphatic rings. The molecule has 138 heavy (non-hydrogen) atoms. The first-order valence-corrected chi connectivity index (χ1v) is 54.1. The minimum Gasteiger partial charge on any atom is -0.396 e. The molecular formula is C67H82F3N29O30P6S3. The number of nitrogens with one attached hydrogen (secondary N) is 5. The maximum Gasteiger partial charge on any atom is 0.472 e. The van der Waals surface area contributed by atoms with E-state index in [0.717, 1.165) is 10.9 Å². The molecule has 744 valence electrons. The zero-order valence-corrected chi connectivity index (χ0v) is 78.8. The molecule has 0 amide bonds. The largest absolute Gasteiger partial charge is 0.472 e. The molecule has 0 aliphatic carbocycles. The fraction of sp³-hybridized carbons (Fsp3) is 0.552. The second-order valence-corrected chi connectivity index (χ2v) is 46.2. The summed E-state index contributed by atoms with van der Waals surface area (Å²) in [7, 11) is -14.5. The highest BCUT2D eigenvalue weighted by Gasteiger charge is 2.59. The molecule has 9 fully saturated rings. The number of ether oxygens (including phenoxy) is 6. The molecule has 0 saturated carbocycles. The van der Waals surface area contributed by atoms with Crippen LogP contribution in [0.2, 0.25) is 0 Å². The topological polar surface area (TPSA) is 792 Å². The number of nitrogen functional groups attached to an aromatic ring is 3. The lowest BCUT2D eigenvalue weighted by molar-refractivity contribution is -0.0523. The third kappa shape index (κ3) is 19.0. The van der Waals surface area contributed by atoms with Crippen molar-refractivity contribution < 1.29 is 140 Å². The number of phosphoric ester groups is 1. The monoisotopic (exact) mass is 2110 g/mol. The highest BCUT2D eigenvalue weighted by atomic mass is 32.7. The number of imidazole rings is 6. The number of rotatable bonds is 9. The van der Waals surface area contributed by atoms with Crippen LogP contribution in [0.25, 0.3) is 67.0 Å². The summed E-state index contributed by atoms with van der Waals surface area (Å²) in [6.45, 7) is -12.6. The van der Waals surface area contributed by atoms with Gasteiger partial charge in [0.1, 0.15) is 89.6 Å². The molecule has 21 heterocycles. The van der Waals surface area contributed by atoms with Crippen LogP contribution < -0.4 is 44.1 Å². The van der Waals surface area contributed by atoms with Gasteiger partial charge in [0, 0.05) is 17.8 Å². The van der Waals surface area contributed by atoms with Gasteiger partial charge in [-0.1, -0.05) is 12.2 Å². The number of alkyl halides is 3. The van der Waals surface area contributed by atoms with E-state index in [1.165, 1.54) is 80.4 Å². The Morgan fingerprint density at radius 1 is 0.406 bits per heavy atom. The minimum absolute atomic E-state index is 0.00548. The first kappa shape index (κ1) is 98.2. The number of halogens is 3. The van der Waals surface area contributed by atoms with Gasteiger partial charge in [-0.2, -0.15) is 0 Å². The first-order valence-electron chi connectivity index (χ1n) is 41.3. The second-order valence-electron chi connectivity index (χ2n) is 32.6. The van der Waals surface area contributed by atoms with Crippen LogP contribution in [0.1, 0.15) is 61.3 Å². The normalized spacial score (nSPS) is 37.2. The van der Waals surface area contributed by atoms with Crippen LogP contribution in [0, 0.1) is 38.5 Å². The first-order chi connectivity index (χ1) is 65.6. The van der Waals surface area contributed by atoms with Crippen molar-refractivity contribution in [2.75, 3.05) is 76.2 Å². The SMILES string of the molecule is Cc1nc2c(ncn2C2OC3COP(=O)(O)OC4C(COP(=O)(O)NC2C3CO)OC(n2cnc3c(N)ncnc32)C4F)c(=O)[nH]1.Cc1nc2c(ncn2C2OC3COP(=O)(S)NC4C(COP(O)(=S)OC2C3CO)OC(n2cnc3c(N)ncnc32)C4F)c(=O)[nH]1.Cc1nc2c(ncn2C2OC3COP(O)(=S)OC4C(CCP(=O)(O)OC2C3CO)OC(n2cnc3c(N)ncnc32)C4F)c(=O)[nH]1. The Labute approximate surface area is 783 Å². The van der Waals surface area contributed by atoms with Crippen molar-refractivity contribution in [2.45, 2.75) is 156 Å². The molecule has 12 aromatic rings. The van der Waals surface area contributed by atoms with E-state index in [4.69, 9.17) is 110 Å². The van der Waals surface area contributed by atoms with Crippen molar-refractivity contribution in [2.24, 2.45) is 17.8 Å². The number of aromatic nitrogens is 24. The van der Waals surface area contributed by atoms with Gasteiger partial charge in [-0.15, -0.1) is 0 Å². The van der Waals surface area contributed by atoms with Gasteiger partial charge in [0.25, 0.3) is 16.7 Å². The summed E-state index contributed by atoms with van der Waals surface area (Å²) in [5, 5.41) is 36.0. The van der Waals surface area contributed by atoms with Crippen LogP contribution in [-0.4, -0.2) is 308 Å². The number of hydrogen-bond donors (Lipinski definition) is 17. The van der Waals surface area contributed by atoms with Crippen molar-refractivity contribution in [1.82, 2.24) is 127 Å². The molecule has 30 unspecified atom stereocenters. The van der Waals surface area contributed by atoms with E-state index < -0.39 is 266 Å². The minimum atomic E-state index is -5.09. The number of aliphatic hydroxyl groups excluding tert-OH is 3. The van der Waals surface area contributed by atoms with Gasteiger partial charge >= 0.3 is 43.3 Å². The van der Waals surface area contributed by atoms with Crippen molar-refractivity contribution >= 4 is 164 Å². The number of phosphoric acid groups is 1. The van der Waals surface area contributed by atoms with Crippen molar-refractivity contribution in [3.05, 3.63) is 105 Å². The summed E-state index contributed by atoms with van der Waals surface area (Å²) < 4.78 is 196. The van der Waals surface area contributed by atoms with Crippen LogP contribution in [0.3, 0.4) is 0 Å². The quantitative estimate of drug-likeness (QED) is 0.0646. The predicted octanol–water partition coefficient (Wildman–Crippen LogP) is -0.397. The zero-order chi connectivity index (χ0) is 97.6. The standard InChI is InChI=1S/C23H28FN9O10P2S.C22H27FN10O11P2.C22H27FN10O9P2S2/c1-9-30-20-15(21(35)31-9)29-8-33(20)23-16-10(4-34)12(41-23)5-39-45(38,46)43-17-11(2-3-44(36,37)42-16)40-22(13(17)24)32-7-28-14-18(25)26-6-27-19(14)32;1-8-29-19-15(20(35)30-8)28-7-33(19)22-13-9(2-34)10(42-22)3-41-46(38,39)44-16-11(4-40-45(36,37)31-13)43-21(12(16)23)32-6-27-14-17(24)25-5-26-18(14)32;1-8-29-19-15(20(35)30-8)28-7-33(19)22-16-9(2-34)10(40-22)3-38-43(36,45)31-13-11(4-39-44(37,46)42-16)41-21(12(13)23)32-6-27-14-17(24)25-5-26-18(14)32/h6-8,10-13,16-17,22-23,34H,2-5H2,1H3,(H,36,37)(H,38,46)(H2,25,26,27)(H,30,31,35);5-7,9-13,16,21-22,34H,2-4H2,1H3,(H,38,39)(H2,24,25,26)(H,29,30,35)(H2,31,36,37);5-7,9-13,16,21-22,34H,2-4H2,1H3,(H,37,46)(H2,24,25,26)(H,29,30,35)(H2,31,36,45). The van der Waals surface area contributed by atoms with Crippen molar-refractivity contribution in [3.8, 4) is 0 Å². The van der Waals surface area contributed by atoms with Gasteiger partial charge in [-0.05, 0) is 50.8 Å². The molecule has 0 spiro atoms. The number of fused-ring (bicyclic) bond motifs is 15. The Hall–Kier alpha value is -8.54. The number of anilines is 3. The zero-order valence-electron chi connectivity index (χ0n) is 70.9. The molecule has 30 atom stereocenters. The van der Waals surface area contributed by atoms with Gasteiger partial charge < -0.3 is 123 Å². The number of nitrogens with zero attached hydrogens (tertiary/aromatic N) is 21. The summed E-state index contributed by atoms with van der Waals surface area (Å²) in [6, 6.07) is -2.60. The van der Waals surface area contributed by atoms with Crippen LogP contribution in [0.15, 0.2) is 71.3 Å². The summed E-state index contributed by atoms with van der Waals surface area (Å²) >= 11 is 14.7. The Bertz CT molecular complexity index is 6540. The Kier molecular flexibility index (Phi) is 27.0. The lowest BCUT2D eigenvalue weighted by Crippen LogP contribution is -2.42. The average molecular weight is 2110 g/mol. The molecule has 9 saturated heterocycles. The third-order valence-corrected chi connectivity index (χ3v) is 32.4. The third-order valence-electron chi connectivity index (χ3n) is 23.9. The summed E-state index contributed by atoms with van der Waals surface area (Å²) in [6.07, 6.45) is -17.0. The number of nitrogens with two attached hydrogens (primary N) is 3. The van der Waals surface area contributed by atoms with Gasteiger partial charge in [-0.3, -0.25) is 69.0 Å². The number of hydrogen-bond acceptors (Lipinski definition) is 45. The van der Waals surface area contributed by atoms with Crippen LogP contribution in [-0.2, 0) is 111 Å². The fourth-order valence-corrected chi connectivity index (χ4v) is 25.5. The number of aliphatic hydroxyl groups is 3.